The van der Waals surface area contributed by atoms with Gasteiger partial charge in [0.05, 0.1) is 17.9 Å². The number of hydrogen-bond acceptors (Lipinski definition) is 5. The van der Waals surface area contributed by atoms with Gasteiger partial charge in [-0.05, 0) is 32.1 Å². The van der Waals surface area contributed by atoms with Crippen molar-refractivity contribution >= 4 is 11.9 Å². The second kappa shape index (κ2) is 14.6. The highest BCUT2D eigenvalue weighted by Gasteiger charge is 2.04. The number of rotatable bonds is 17. The number of nitrogens with one attached hydrogen (secondary N) is 2. The van der Waals surface area contributed by atoms with Crippen molar-refractivity contribution in [2.24, 2.45) is 0 Å². The van der Waals surface area contributed by atoms with Gasteiger partial charge in [-0.25, -0.2) is 4.98 Å². The van der Waals surface area contributed by atoms with Crippen molar-refractivity contribution in [2.75, 3.05) is 12.3 Å². The Hall–Kier alpha value is -2.38. The van der Waals surface area contributed by atoms with Crippen molar-refractivity contribution in [3.05, 3.63) is 23.8 Å². The third-order valence-electron chi connectivity index (χ3n) is 5.27. The van der Waals surface area contributed by atoms with Crippen LogP contribution in [0.25, 0.3) is 0 Å². The molecule has 0 radical (unpaired) electrons. The predicted octanol–water partition coefficient (Wildman–Crippen LogP) is 3.80. The van der Waals surface area contributed by atoms with Crippen LogP contribution >= 0.6 is 0 Å². The molecule has 30 heavy (non-hydrogen) atoms. The van der Waals surface area contributed by atoms with E-state index in [1.165, 1.54) is 32.1 Å². The van der Waals surface area contributed by atoms with E-state index in [4.69, 9.17) is 5.73 Å². The summed E-state index contributed by atoms with van der Waals surface area (Å²) in [7, 11) is 0. The summed E-state index contributed by atoms with van der Waals surface area (Å²) in [5.74, 6) is 0.623. The molecule has 0 saturated carbocycles. The number of nitrogens with zero attached hydrogens (tertiary/aromatic N) is 4. The lowest BCUT2D eigenvalue weighted by atomic mass is 10.1. The van der Waals surface area contributed by atoms with E-state index in [2.05, 4.69) is 32.5 Å². The maximum atomic E-state index is 11.9. The van der Waals surface area contributed by atoms with Crippen molar-refractivity contribution in [3.8, 4) is 0 Å². The monoisotopic (exact) mass is 417 g/mol. The lowest BCUT2D eigenvalue weighted by Crippen LogP contribution is -2.27. The Labute approximate surface area is 180 Å². The number of amides is 1. The number of nitrogens with two attached hydrogens (primary N) is 1. The first-order chi connectivity index (χ1) is 14.7. The van der Waals surface area contributed by atoms with Gasteiger partial charge in [0, 0.05) is 25.4 Å². The molecular formula is C22H39N7O. The molecule has 2 heterocycles. The molecular weight excluding hydrogens is 378 g/mol. The summed E-state index contributed by atoms with van der Waals surface area (Å²) in [6.45, 7) is 3.49. The van der Waals surface area contributed by atoms with Crippen molar-refractivity contribution in [1.82, 2.24) is 30.3 Å². The molecule has 0 aliphatic heterocycles. The molecule has 1 amide bonds. The first-order valence-electron chi connectivity index (χ1n) is 11.6. The van der Waals surface area contributed by atoms with E-state index in [0.717, 1.165) is 56.3 Å². The number of anilines is 1. The summed E-state index contributed by atoms with van der Waals surface area (Å²) in [6, 6.07) is 0. The van der Waals surface area contributed by atoms with Crippen LogP contribution in [0.3, 0.4) is 0 Å². The van der Waals surface area contributed by atoms with Crippen LogP contribution in [0.5, 0.6) is 0 Å². The Morgan fingerprint density at radius 1 is 1.03 bits per heavy atom. The zero-order chi connectivity index (χ0) is 21.4. The Kier molecular flexibility index (Phi) is 11.6. The molecule has 2 aromatic heterocycles. The molecule has 0 spiro atoms. The van der Waals surface area contributed by atoms with E-state index >= 15 is 0 Å². The number of hydrogen-bond donors (Lipinski definition) is 3. The first-order valence-corrected chi connectivity index (χ1v) is 11.6. The van der Waals surface area contributed by atoms with Crippen molar-refractivity contribution in [2.45, 2.75) is 96.9 Å². The number of nitrogen functional groups attached to an aromatic ring is 1. The molecule has 2 aromatic rings. The molecule has 168 valence electrons. The lowest BCUT2D eigenvalue weighted by Gasteiger charge is -2.05. The van der Waals surface area contributed by atoms with E-state index in [1.807, 2.05) is 17.1 Å². The van der Waals surface area contributed by atoms with Gasteiger partial charge >= 0.3 is 0 Å². The number of imidazole rings is 1. The van der Waals surface area contributed by atoms with Gasteiger partial charge in [0.15, 0.2) is 5.95 Å². The largest absolute Gasteiger partial charge is 0.369 e. The number of unbranched alkanes of at least 4 members (excludes halogenated alkanes) is 8. The number of carbonyl (C=O) groups excluding carboxylic acids is 1. The zero-order valence-electron chi connectivity index (χ0n) is 18.5. The minimum absolute atomic E-state index is 0.141. The normalized spacial score (nSPS) is 11.1. The Morgan fingerprint density at radius 3 is 2.47 bits per heavy atom. The van der Waals surface area contributed by atoms with Gasteiger partial charge in [-0.3, -0.25) is 9.48 Å². The minimum atomic E-state index is 0.141. The second-order valence-corrected chi connectivity index (χ2v) is 8.03. The predicted molar refractivity (Wildman–Crippen MR) is 120 cm³/mol. The number of carbonyl (C=O) groups is 1. The van der Waals surface area contributed by atoms with Gasteiger partial charge in [-0.2, -0.15) is 0 Å². The lowest BCUT2D eigenvalue weighted by molar-refractivity contribution is -0.121. The number of aromatic amines is 1. The summed E-state index contributed by atoms with van der Waals surface area (Å²) in [5, 5.41) is 11.4. The Bertz CT molecular complexity index is 710. The molecule has 2 rings (SSSR count). The van der Waals surface area contributed by atoms with Crippen LogP contribution in [0, 0.1) is 0 Å². The van der Waals surface area contributed by atoms with Gasteiger partial charge in [0.2, 0.25) is 5.91 Å². The molecule has 0 aliphatic rings. The van der Waals surface area contributed by atoms with Gasteiger partial charge in [0.1, 0.15) is 0 Å². The van der Waals surface area contributed by atoms with E-state index in [-0.39, 0.29) is 5.91 Å². The molecule has 0 saturated heterocycles. The van der Waals surface area contributed by atoms with Crippen molar-refractivity contribution in [1.29, 1.82) is 0 Å². The molecule has 8 heteroatoms. The fourth-order valence-corrected chi connectivity index (χ4v) is 3.50. The molecule has 4 N–H and O–H groups in total. The van der Waals surface area contributed by atoms with Crippen molar-refractivity contribution in [3.63, 3.8) is 0 Å². The second-order valence-electron chi connectivity index (χ2n) is 8.03. The van der Waals surface area contributed by atoms with Crippen LogP contribution in [-0.4, -0.2) is 37.4 Å². The SMILES string of the molecule is CCCCCCCCCC(=O)NCCn1cc(CCCCCc2c[nH]c(N)n2)nn1. The van der Waals surface area contributed by atoms with Gasteiger partial charge in [0.25, 0.3) is 0 Å². The van der Waals surface area contributed by atoms with Gasteiger partial charge in [-0.15, -0.1) is 5.10 Å². The molecule has 0 aliphatic carbocycles. The first kappa shape index (κ1) is 23.9. The third kappa shape index (κ3) is 10.4. The van der Waals surface area contributed by atoms with Crippen LogP contribution in [0.1, 0.15) is 88.9 Å². The zero-order valence-corrected chi connectivity index (χ0v) is 18.5. The number of H-pyrrole nitrogens is 1. The molecule has 0 aromatic carbocycles. The molecule has 0 bridgehead atoms. The summed E-state index contributed by atoms with van der Waals surface area (Å²) in [6.07, 6.45) is 18.2. The summed E-state index contributed by atoms with van der Waals surface area (Å²) in [4.78, 5) is 19.0. The maximum absolute atomic E-state index is 11.9. The van der Waals surface area contributed by atoms with Crippen LogP contribution in [-0.2, 0) is 24.2 Å². The quantitative estimate of drug-likeness (QED) is 0.339. The highest BCUT2D eigenvalue weighted by Crippen LogP contribution is 2.09. The molecule has 0 unspecified atom stereocenters. The van der Waals surface area contributed by atoms with Crippen molar-refractivity contribution < 1.29 is 4.79 Å². The van der Waals surface area contributed by atoms with Crippen LogP contribution in [0.2, 0.25) is 0 Å². The van der Waals surface area contributed by atoms with E-state index in [1.54, 1.807) is 0 Å². The van der Waals surface area contributed by atoms with E-state index in [0.29, 0.717) is 25.5 Å². The van der Waals surface area contributed by atoms with Gasteiger partial charge in [-0.1, -0.05) is 57.1 Å². The number of aromatic nitrogens is 5. The fraction of sp³-hybridized carbons (Fsp3) is 0.727. The summed E-state index contributed by atoms with van der Waals surface area (Å²) >= 11 is 0. The summed E-state index contributed by atoms with van der Waals surface area (Å²) < 4.78 is 1.82. The number of aryl methyl sites for hydroxylation is 2. The molecule has 8 nitrogen and oxygen atoms in total. The van der Waals surface area contributed by atoms with E-state index in [9.17, 15) is 4.79 Å². The highest BCUT2D eigenvalue weighted by molar-refractivity contribution is 5.75. The maximum Gasteiger partial charge on any atom is 0.220 e. The fourth-order valence-electron chi connectivity index (χ4n) is 3.50. The smallest absolute Gasteiger partial charge is 0.220 e. The van der Waals surface area contributed by atoms with Gasteiger partial charge < -0.3 is 16.0 Å². The van der Waals surface area contributed by atoms with Crippen LogP contribution in [0.4, 0.5) is 5.95 Å². The highest BCUT2D eigenvalue weighted by atomic mass is 16.1. The molecule has 0 fully saturated rings. The standard InChI is InChI=1S/C22H39N7O/c1-2-3-4-5-6-7-11-14-21(30)24-15-16-29-18-20(27-28-29)13-10-8-9-12-19-17-25-22(23)26-19/h17-18H,2-16H2,1H3,(H,24,30)(H3,23,25,26). The van der Waals surface area contributed by atoms with Crippen LogP contribution in [0.15, 0.2) is 12.4 Å². The van der Waals surface area contributed by atoms with E-state index < -0.39 is 0 Å². The average Bonchev–Trinajstić information content (AvgIpc) is 3.36. The topological polar surface area (TPSA) is 115 Å². The molecule has 0 atom stereocenters. The van der Waals surface area contributed by atoms with Crippen LogP contribution < -0.4 is 11.1 Å². The minimum Gasteiger partial charge on any atom is -0.369 e. The third-order valence-corrected chi connectivity index (χ3v) is 5.27. The Morgan fingerprint density at radius 2 is 1.73 bits per heavy atom. The summed E-state index contributed by atoms with van der Waals surface area (Å²) in [5.41, 5.74) is 7.61. The average molecular weight is 418 g/mol. The Balaban J connectivity index is 1.46.